The predicted molar refractivity (Wildman–Crippen MR) is 306 cm³/mol. The Kier molecular flexibility index (Phi) is 59.3. The summed E-state index contributed by atoms with van der Waals surface area (Å²) < 4.78 is 0. The van der Waals surface area contributed by atoms with Crippen LogP contribution in [-0.4, -0.2) is 46.1 Å². The minimum atomic E-state index is -1.07. The van der Waals surface area contributed by atoms with E-state index in [1.165, 1.54) is 321 Å². The molecule has 0 aliphatic heterocycles. The van der Waals surface area contributed by atoms with Gasteiger partial charge in [0.05, 0.1) is 18.8 Å². The number of rotatable bonds is 61. The zero-order chi connectivity index (χ0) is 50.0. The molecule has 0 aliphatic rings. The van der Waals surface area contributed by atoms with Crippen molar-refractivity contribution in [2.24, 2.45) is 0 Å². The third-order valence-corrected chi connectivity index (χ3v) is 15.7. The summed E-state index contributed by atoms with van der Waals surface area (Å²) in [7, 11) is 0. The van der Waals surface area contributed by atoms with E-state index in [9.17, 15) is 20.1 Å². The summed E-state index contributed by atoms with van der Waals surface area (Å²) in [5, 5.41) is 33.6. The Bertz CT molecular complexity index is 944. The Hall–Kier alpha value is -0.650. The van der Waals surface area contributed by atoms with Crippen LogP contribution < -0.4 is 5.32 Å². The van der Waals surface area contributed by atoms with E-state index < -0.39 is 24.2 Å². The molecule has 0 spiro atoms. The molecule has 0 aromatic carbocycles. The summed E-state index contributed by atoms with van der Waals surface area (Å²) in [6.45, 7) is 4.29. The lowest BCUT2D eigenvalue weighted by molar-refractivity contribution is -0.131. The van der Waals surface area contributed by atoms with Crippen molar-refractivity contribution in [3.05, 3.63) is 0 Å². The van der Waals surface area contributed by atoms with Crippen LogP contribution in [0, 0.1) is 0 Å². The molecule has 0 radical (unpaired) electrons. The van der Waals surface area contributed by atoms with Crippen molar-refractivity contribution < 1.29 is 20.1 Å². The summed E-state index contributed by atoms with van der Waals surface area (Å²) in [5.41, 5.74) is 0. The number of aliphatic hydroxyl groups is 3. The molecule has 0 aromatic heterocycles. The van der Waals surface area contributed by atoms with Crippen LogP contribution in [0.4, 0.5) is 0 Å². The molecular formula is C64H129NO4. The monoisotopic (exact) mass is 976 g/mol. The van der Waals surface area contributed by atoms with Crippen molar-refractivity contribution in [3.63, 3.8) is 0 Å². The van der Waals surface area contributed by atoms with E-state index in [4.69, 9.17) is 0 Å². The van der Waals surface area contributed by atoms with Gasteiger partial charge in [0.15, 0.2) is 0 Å². The van der Waals surface area contributed by atoms with Gasteiger partial charge in [-0.15, -0.1) is 0 Å². The molecule has 3 unspecified atom stereocenters. The third kappa shape index (κ3) is 54.9. The number of aliphatic hydroxyl groups excluding tert-OH is 3. The Morgan fingerprint density at radius 3 is 0.652 bits per heavy atom. The van der Waals surface area contributed by atoms with Gasteiger partial charge in [-0.1, -0.05) is 367 Å². The average molecular weight is 977 g/mol. The van der Waals surface area contributed by atoms with E-state index in [0.29, 0.717) is 12.8 Å². The van der Waals surface area contributed by atoms with Gasteiger partial charge in [0.2, 0.25) is 5.91 Å². The topological polar surface area (TPSA) is 89.8 Å². The highest BCUT2D eigenvalue weighted by Crippen LogP contribution is 2.20. The van der Waals surface area contributed by atoms with Gasteiger partial charge in [-0.2, -0.15) is 0 Å². The van der Waals surface area contributed by atoms with Crippen LogP contribution >= 0.6 is 0 Å². The van der Waals surface area contributed by atoms with Gasteiger partial charge in [0, 0.05) is 0 Å². The van der Waals surface area contributed by atoms with Crippen LogP contribution in [0.3, 0.4) is 0 Å². The molecule has 5 heteroatoms. The molecule has 0 bridgehead atoms. The second kappa shape index (κ2) is 59.9. The van der Waals surface area contributed by atoms with Crippen LogP contribution in [0.15, 0.2) is 0 Å². The van der Waals surface area contributed by atoms with Gasteiger partial charge >= 0.3 is 0 Å². The standard InChI is InChI=1S/C64H129NO4/c1-3-5-7-9-11-13-15-17-19-21-23-24-25-26-27-28-29-30-31-32-33-34-35-36-37-38-39-41-43-45-47-49-51-53-55-57-59-63(68)64(69)65-61(60-66)62(67)58-56-54-52-50-48-46-44-42-40-22-20-18-16-14-12-10-8-6-4-2/h61-63,66-68H,3-60H2,1-2H3,(H,65,69). The maximum absolute atomic E-state index is 12.6. The van der Waals surface area contributed by atoms with Crippen LogP contribution in [0.5, 0.6) is 0 Å². The summed E-state index contributed by atoms with van der Waals surface area (Å²) in [6.07, 6.45) is 74.8. The fourth-order valence-electron chi connectivity index (χ4n) is 10.7. The molecule has 4 N–H and O–H groups in total. The first-order valence-electron chi connectivity index (χ1n) is 32.3. The number of carbonyl (C=O) groups is 1. The number of unbranched alkanes of at least 4 members (excludes halogenated alkanes) is 53. The van der Waals surface area contributed by atoms with Crippen LogP contribution in [0.25, 0.3) is 0 Å². The minimum Gasteiger partial charge on any atom is -0.394 e. The van der Waals surface area contributed by atoms with Crippen LogP contribution in [0.1, 0.15) is 380 Å². The molecule has 0 heterocycles. The predicted octanol–water partition coefficient (Wildman–Crippen LogP) is 20.5. The molecule has 0 aliphatic carbocycles. The Labute approximate surface area is 434 Å². The molecule has 414 valence electrons. The first kappa shape index (κ1) is 68.4. The Balaban J connectivity index is 3.41. The fourth-order valence-corrected chi connectivity index (χ4v) is 10.7. The maximum Gasteiger partial charge on any atom is 0.249 e. The van der Waals surface area contributed by atoms with E-state index in [0.717, 1.165) is 32.1 Å². The second-order valence-corrected chi connectivity index (χ2v) is 22.7. The smallest absolute Gasteiger partial charge is 0.249 e. The van der Waals surface area contributed by atoms with Gasteiger partial charge in [-0.3, -0.25) is 4.79 Å². The Morgan fingerprint density at radius 2 is 0.464 bits per heavy atom. The zero-order valence-electron chi connectivity index (χ0n) is 47.5. The van der Waals surface area contributed by atoms with Crippen molar-refractivity contribution in [1.82, 2.24) is 5.32 Å². The van der Waals surface area contributed by atoms with Gasteiger partial charge in [0.1, 0.15) is 6.10 Å². The van der Waals surface area contributed by atoms with Crippen LogP contribution in [-0.2, 0) is 4.79 Å². The number of carbonyl (C=O) groups excluding carboxylic acids is 1. The molecule has 0 saturated carbocycles. The molecule has 1 amide bonds. The van der Waals surface area contributed by atoms with E-state index in [-0.39, 0.29) is 6.61 Å². The van der Waals surface area contributed by atoms with Crippen molar-refractivity contribution in [2.45, 2.75) is 398 Å². The van der Waals surface area contributed by atoms with Gasteiger partial charge in [0.25, 0.3) is 0 Å². The molecule has 0 aromatic rings. The first-order valence-corrected chi connectivity index (χ1v) is 32.3. The minimum absolute atomic E-state index is 0.307. The number of hydrogen-bond acceptors (Lipinski definition) is 4. The van der Waals surface area contributed by atoms with E-state index in [1.54, 1.807) is 0 Å². The molecule has 0 fully saturated rings. The Morgan fingerprint density at radius 1 is 0.290 bits per heavy atom. The van der Waals surface area contributed by atoms with Gasteiger partial charge in [-0.25, -0.2) is 0 Å². The van der Waals surface area contributed by atoms with Crippen LogP contribution in [0.2, 0.25) is 0 Å². The molecule has 5 nitrogen and oxygen atoms in total. The molecule has 69 heavy (non-hydrogen) atoms. The second-order valence-electron chi connectivity index (χ2n) is 22.7. The quantitative estimate of drug-likeness (QED) is 0.0457. The fraction of sp³-hybridized carbons (Fsp3) is 0.984. The lowest BCUT2D eigenvalue weighted by Gasteiger charge is -2.23. The van der Waals surface area contributed by atoms with E-state index in [2.05, 4.69) is 19.2 Å². The van der Waals surface area contributed by atoms with E-state index in [1.807, 2.05) is 0 Å². The van der Waals surface area contributed by atoms with Gasteiger partial charge in [-0.05, 0) is 12.8 Å². The zero-order valence-corrected chi connectivity index (χ0v) is 47.5. The van der Waals surface area contributed by atoms with E-state index >= 15 is 0 Å². The third-order valence-electron chi connectivity index (χ3n) is 15.7. The number of nitrogens with one attached hydrogen (secondary N) is 1. The summed E-state index contributed by atoms with van der Waals surface area (Å²) in [6, 6.07) is -0.708. The lowest BCUT2D eigenvalue weighted by atomic mass is 10.0. The highest BCUT2D eigenvalue weighted by Gasteiger charge is 2.23. The average Bonchev–Trinajstić information content (AvgIpc) is 3.35. The number of amides is 1. The maximum atomic E-state index is 12.6. The van der Waals surface area contributed by atoms with Gasteiger partial charge < -0.3 is 20.6 Å². The number of hydrogen-bond donors (Lipinski definition) is 4. The molecule has 3 atom stereocenters. The van der Waals surface area contributed by atoms with Crippen molar-refractivity contribution >= 4 is 5.91 Å². The lowest BCUT2D eigenvalue weighted by Crippen LogP contribution is -2.49. The largest absolute Gasteiger partial charge is 0.394 e. The van der Waals surface area contributed by atoms with Crippen molar-refractivity contribution in [3.8, 4) is 0 Å². The summed E-state index contributed by atoms with van der Waals surface area (Å²) in [4.78, 5) is 12.6. The highest BCUT2D eigenvalue weighted by molar-refractivity contribution is 5.80. The summed E-state index contributed by atoms with van der Waals surface area (Å²) in [5.74, 6) is -0.461. The molecular weight excluding hydrogens is 847 g/mol. The SMILES string of the molecule is CCCCCCCCCCCCCCCCCCCCCCCCCCCCCCCCCCCCCCC(O)C(=O)NC(CO)C(O)CCCCCCCCCCCCCCCCCCCCC. The normalized spacial score (nSPS) is 13.1. The highest BCUT2D eigenvalue weighted by atomic mass is 16.3. The molecule has 0 saturated heterocycles. The van der Waals surface area contributed by atoms with Crippen molar-refractivity contribution in [2.75, 3.05) is 6.61 Å². The first-order chi connectivity index (χ1) is 34.1. The summed E-state index contributed by atoms with van der Waals surface area (Å²) >= 11 is 0. The molecule has 0 rings (SSSR count). The van der Waals surface area contributed by atoms with Crippen molar-refractivity contribution in [1.29, 1.82) is 0 Å².